The maximum atomic E-state index is 12.8. The normalized spacial score (nSPS) is 14.8. The number of likely N-dealkylation sites (tertiary alicyclic amines) is 1. The molecule has 30 heavy (non-hydrogen) atoms. The van der Waals surface area contributed by atoms with Gasteiger partial charge in [0.25, 0.3) is 5.91 Å². The van der Waals surface area contributed by atoms with Crippen LogP contribution < -0.4 is 0 Å². The second kappa shape index (κ2) is 8.33. The van der Waals surface area contributed by atoms with Crippen molar-refractivity contribution in [1.29, 1.82) is 0 Å². The minimum atomic E-state index is -0.576. The van der Waals surface area contributed by atoms with Gasteiger partial charge in [-0.1, -0.05) is 34.4 Å². The van der Waals surface area contributed by atoms with Crippen LogP contribution in [-0.4, -0.2) is 43.6 Å². The Morgan fingerprint density at radius 3 is 2.67 bits per heavy atom. The number of benzene rings is 1. The Bertz CT molecular complexity index is 1120. The number of amides is 1. The Labute approximate surface area is 186 Å². The van der Waals surface area contributed by atoms with E-state index in [1.54, 1.807) is 28.4 Å². The topological polar surface area (TPSA) is 94.2 Å². The molecule has 1 aliphatic heterocycles. The zero-order valence-corrected chi connectivity index (χ0v) is 18.2. The van der Waals surface area contributed by atoms with Gasteiger partial charge in [0.05, 0.1) is 26.9 Å². The summed E-state index contributed by atoms with van der Waals surface area (Å²) in [5.41, 5.74) is 1.78. The zero-order valence-electron chi connectivity index (χ0n) is 15.9. The minimum Gasteiger partial charge on any atom is -0.358 e. The summed E-state index contributed by atoms with van der Waals surface area (Å²) >= 11 is 13.7. The zero-order chi connectivity index (χ0) is 21.4. The SMILES string of the molecule is Cn1ncc(C(=O)N2CCC(c3nc(-c4ccc(Cl)c(Cl)c4)cs3)CC2)c1[N+](=O)[O-]. The molecular formula is C19H17Cl2N5O3S. The Kier molecular flexibility index (Phi) is 5.77. The molecule has 1 fully saturated rings. The third-order valence-electron chi connectivity index (χ3n) is 5.18. The van der Waals surface area contributed by atoms with Crippen molar-refractivity contribution in [3.8, 4) is 11.3 Å². The predicted octanol–water partition coefficient (Wildman–Crippen LogP) is 4.78. The van der Waals surface area contributed by atoms with E-state index in [1.165, 1.54) is 13.2 Å². The van der Waals surface area contributed by atoms with Crippen LogP contribution in [0.2, 0.25) is 10.0 Å². The molecule has 1 saturated heterocycles. The number of hydrogen-bond acceptors (Lipinski definition) is 6. The molecule has 4 rings (SSSR count). The number of piperidine rings is 1. The van der Waals surface area contributed by atoms with Gasteiger partial charge in [0, 0.05) is 30.0 Å². The summed E-state index contributed by atoms with van der Waals surface area (Å²) in [6.07, 6.45) is 2.75. The summed E-state index contributed by atoms with van der Waals surface area (Å²) in [5, 5.41) is 19.1. The quantitative estimate of drug-likeness (QED) is 0.408. The molecule has 8 nitrogen and oxygen atoms in total. The van der Waals surface area contributed by atoms with Crippen LogP contribution >= 0.6 is 34.5 Å². The number of nitrogens with zero attached hydrogens (tertiary/aromatic N) is 5. The van der Waals surface area contributed by atoms with Crippen molar-refractivity contribution in [2.45, 2.75) is 18.8 Å². The molecule has 0 spiro atoms. The summed E-state index contributed by atoms with van der Waals surface area (Å²) in [6, 6.07) is 5.43. The molecule has 0 aliphatic carbocycles. The highest BCUT2D eigenvalue weighted by atomic mass is 35.5. The van der Waals surface area contributed by atoms with Gasteiger partial charge in [-0.05, 0) is 29.9 Å². The number of rotatable bonds is 4. The van der Waals surface area contributed by atoms with Crippen LogP contribution in [0, 0.1) is 10.1 Å². The third-order valence-corrected chi connectivity index (χ3v) is 6.93. The van der Waals surface area contributed by atoms with E-state index in [0.717, 1.165) is 33.8 Å². The van der Waals surface area contributed by atoms with Crippen LogP contribution in [0.1, 0.15) is 34.1 Å². The number of aromatic nitrogens is 3. The lowest BCUT2D eigenvalue weighted by Gasteiger charge is -2.30. The Morgan fingerprint density at radius 1 is 1.27 bits per heavy atom. The fourth-order valence-corrected chi connectivity index (χ4v) is 4.86. The van der Waals surface area contributed by atoms with E-state index in [9.17, 15) is 14.9 Å². The largest absolute Gasteiger partial charge is 0.358 e. The molecule has 0 bridgehead atoms. The van der Waals surface area contributed by atoms with Crippen molar-refractivity contribution in [2.24, 2.45) is 7.05 Å². The highest BCUT2D eigenvalue weighted by Gasteiger charge is 2.32. The number of nitro groups is 1. The van der Waals surface area contributed by atoms with Gasteiger partial charge in [-0.2, -0.15) is 0 Å². The van der Waals surface area contributed by atoms with Crippen molar-refractivity contribution in [3.63, 3.8) is 0 Å². The monoisotopic (exact) mass is 465 g/mol. The molecule has 0 radical (unpaired) electrons. The van der Waals surface area contributed by atoms with E-state index in [0.29, 0.717) is 23.1 Å². The van der Waals surface area contributed by atoms with Crippen LogP contribution in [0.3, 0.4) is 0 Å². The molecule has 1 aliphatic rings. The molecular weight excluding hydrogens is 449 g/mol. The summed E-state index contributed by atoms with van der Waals surface area (Å²) in [7, 11) is 1.45. The summed E-state index contributed by atoms with van der Waals surface area (Å²) in [6.45, 7) is 1.02. The number of carbonyl (C=O) groups excluding carboxylic acids is 1. The molecule has 0 atom stereocenters. The predicted molar refractivity (Wildman–Crippen MR) is 115 cm³/mol. The van der Waals surface area contributed by atoms with E-state index < -0.39 is 4.92 Å². The van der Waals surface area contributed by atoms with Crippen LogP contribution in [-0.2, 0) is 7.05 Å². The number of carbonyl (C=O) groups is 1. The van der Waals surface area contributed by atoms with Crippen molar-refractivity contribution in [3.05, 3.63) is 60.5 Å². The van der Waals surface area contributed by atoms with E-state index in [-0.39, 0.29) is 23.2 Å². The summed E-state index contributed by atoms with van der Waals surface area (Å²) in [5.74, 6) is -0.406. The van der Waals surface area contributed by atoms with Gasteiger partial charge >= 0.3 is 5.82 Å². The maximum Gasteiger partial charge on any atom is 0.357 e. The second-order valence-corrected chi connectivity index (χ2v) is 8.73. The molecule has 0 N–H and O–H groups in total. The average molecular weight is 466 g/mol. The first-order valence-corrected chi connectivity index (χ1v) is 10.8. The van der Waals surface area contributed by atoms with Crippen molar-refractivity contribution in [2.75, 3.05) is 13.1 Å². The molecule has 11 heteroatoms. The van der Waals surface area contributed by atoms with Gasteiger partial charge in [-0.25, -0.2) is 4.98 Å². The molecule has 1 aromatic carbocycles. The van der Waals surface area contributed by atoms with Crippen molar-refractivity contribution >= 4 is 46.3 Å². The highest BCUT2D eigenvalue weighted by molar-refractivity contribution is 7.10. The lowest BCUT2D eigenvalue weighted by atomic mass is 9.97. The van der Waals surface area contributed by atoms with Crippen LogP contribution in [0.4, 0.5) is 5.82 Å². The first kappa shape index (κ1) is 20.8. The Morgan fingerprint density at radius 2 is 2.00 bits per heavy atom. The van der Waals surface area contributed by atoms with E-state index in [1.807, 2.05) is 11.4 Å². The van der Waals surface area contributed by atoms with Gasteiger partial charge in [-0.15, -0.1) is 16.0 Å². The number of hydrogen-bond donors (Lipinski definition) is 0. The Hall–Kier alpha value is -2.49. The maximum absolute atomic E-state index is 12.8. The molecule has 3 heterocycles. The molecule has 156 valence electrons. The van der Waals surface area contributed by atoms with Crippen LogP contribution in [0.5, 0.6) is 0 Å². The van der Waals surface area contributed by atoms with Gasteiger partial charge in [-0.3, -0.25) is 4.79 Å². The smallest absolute Gasteiger partial charge is 0.357 e. The fraction of sp³-hybridized carbons (Fsp3) is 0.316. The third kappa shape index (κ3) is 3.92. The molecule has 2 aromatic heterocycles. The highest BCUT2D eigenvalue weighted by Crippen LogP contribution is 2.35. The summed E-state index contributed by atoms with van der Waals surface area (Å²) in [4.78, 5) is 29.8. The number of thiazole rings is 1. The van der Waals surface area contributed by atoms with E-state index in [2.05, 4.69) is 5.10 Å². The van der Waals surface area contributed by atoms with Crippen molar-refractivity contribution < 1.29 is 9.72 Å². The standard InChI is InChI=1S/C19H17Cl2N5O3S/c1-24-18(26(28)29)13(9-22-24)19(27)25-6-4-11(5-7-25)17-23-16(10-30-17)12-2-3-14(20)15(21)8-12/h2-3,8-11H,4-7H2,1H3. The lowest BCUT2D eigenvalue weighted by Crippen LogP contribution is -2.38. The second-order valence-electron chi connectivity index (χ2n) is 7.03. The molecule has 0 unspecified atom stereocenters. The van der Waals surface area contributed by atoms with Crippen LogP contribution in [0.15, 0.2) is 29.8 Å². The Balaban J connectivity index is 1.44. The van der Waals surface area contributed by atoms with E-state index >= 15 is 0 Å². The van der Waals surface area contributed by atoms with Gasteiger partial charge in [0.15, 0.2) is 5.56 Å². The van der Waals surface area contributed by atoms with Crippen LogP contribution in [0.25, 0.3) is 11.3 Å². The van der Waals surface area contributed by atoms with Gasteiger partial charge < -0.3 is 15.0 Å². The molecule has 1 amide bonds. The summed E-state index contributed by atoms with van der Waals surface area (Å²) < 4.78 is 1.11. The van der Waals surface area contributed by atoms with Crippen molar-refractivity contribution in [1.82, 2.24) is 19.7 Å². The number of halogens is 2. The lowest BCUT2D eigenvalue weighted by molar-refractivity contribution is -0.392. The van der Waals surface area contributed by atoms with Gasteiger partial charge in [0.2, 0.25) is 0 Å². The van der Waals surface area contributed by atoms with E-state index in [4.69, 9.17) is 28.2 Å². The molecule has 3 aromatic rings. The minimum absolute atomic E-state index is 0.0251. The fourth-order valence-electron chi connectivity index (χ4n) is 3.56. The molecule has 0 saturated carbocycles. The first-order valence-electron chi connectivity index (χ1n) is 9.21. The first-order chi connectivity index (χ1) is 14.3. The van der Waals surface area contributed by atoms with Gasteiger partial charge in [0.1, 0.15) is 7.05 Å². The average Bonchev–Trinajstić information content (AvgIpc) is 3.37. The number of aryl methyl sites for hydroxylation is 1.